The smallest absolute Gasteiger partial charge is 0.387 e. The van der Waals surface area contributed by atoms with Crippen molar-refractivity contribution in [2.75, 3.05) is 0 Å². The van der Waals surface area contributed by atoms with Crippen LogP contribution in [0.15, 0.2) is 48.9 Å². The summed E-state index contributed by atoms with van der Waals surface area (Å²) in [6, 6.07) is 8.09. The molecule has 0 aliphatic heterocycles. The molecule has 3 aromatic heterocycles. The van der Waals surface area contributed by atoms with Gasteiger partial charge in [0.1, 0.15) is 22.8 Å². The molecule has 0 saturated heterocycles. The van der Waals surface area contributed by atoms with Crippen LogP contribution in [0, 0.1) is 5.82 Å². The Hall–Kier alpha value is -3.46. The highest BCUT2D eigenvalue weighted by Crippen LogP contribution is 2.47. The van der Waals surface area contributed by atoms with Gasteiger partial charge < -0.3 is 14.2 Å². The fourth-order valence-electron chi connectivity index (χ4n) is 4.63. The van der Waals surface area contributed by atoms with Crippen molar-refractivity contribution in [1.82, 2.24) is 19.4 Å². The van der Waals surface area contributed by atoms with Crippen LogP contribution < -0.4 is 4.74 Å². The molecule has 0 spiro atoms. The van der Waals surface area contributed by atoms with E-state index < -0.39 is 18.0 Å². The molecular weight excluding hydrogens is 445 g/mol. The van der Waals surface area contributed by atoms with Crippen molar-refractivity contribution in [1.29, 1.82) is 0 Å². The van der Waals surface area contributed by atoms with E-state index in [9.17, 15) is 13.9 Å². The molecule has 1 aliphatic carbocycles. The Morgan fingerprint density at radius 2 is 1.88 bits per heavy atom. The molecule has 9 heteroatoms. The lowest BCUT2D eigenvalue weighted by Crippen LogP contribution is -2.19. The fraction of sp³-hybridized carbons (Fsp3) is 0.320. The molecule has 0 saturated carbocycles. The largest absolute Gasteiger partial charge is 0.435 e. The van der Waals surface area contributed by atoms with Gasteiger partial charge in [-0.05, 0) is 26.3 Å². The van der Waals surface area contributed by atoms with Crippen molar-refractivity contribution in [2.45, 2.75) is 51.2 Å². The Kier molecular flexibility index (Phi) is 5.31. The minimum absolute atomic E-state index is 0.0559. The average molecular weight is 468 g/mol. The predicted molar refractivity (Wildman–Crippen MR) is 119 cm³/mol. The SMILES string of the molecule is CC1C[C@H](c2ccccc2OC(F)F)c2c1nc1cc(F)c(-c3cnc(C(C)(C)O)nc3)cn21. The van der Waals surface area contributed by atoms with Gasteiger partial charge in [0.15, 0.2) is 5.82 Å². The summed E-state index contributed by atoms with van der Waals surface area (Å²) in [6.45, 7) is 2.22. The highest BCUT2D eigenvalue weighted by Gasteiger charge is 2.36. The molecule has 4 aromatic rings. The lowest BCUT2D eigenvalue weighted by atomic mass is 9.94. The highest BCUT2D eigenvalue weighted by molar-refractivity contribution is 5.65. The number of para-hydroxylation sites is 1. The van der Waals surface area contributed by atoms with Crippen LogP contribution in [0.2, 0.25) is 0 Å². The number of ether oxygens (including phenoxy) is 1. The monoisotopic (exact) mass is 468 g/mol. The first kappa shape index (κ1) is 22.3. The second-order valence-electron chi connectivity index (χ2n) is 9.11. The van der Waals surface area contributed by atoms with Gasteiger partial charge in [-0.2, -0.15) is 8.78 Å². The van der Waals surface area contributed by atoms with Gasteiger partial charge in [-0.1, -0.05) is 25.1 Å². The summed E-state index contributed by atoms with van der Waals surface area (Å²) in [5, 5.41) is 10.1. The van der Waals surface area contributed by atoms with Crippen molar-refractivity contribution in [3.8, 4) is 16.9 Å². The number of benzene rings is 1. The quantitative estimate of drug-likeness (QED) is 0.425. The number of aliphatic hydroxyl groups is 1. The minimum Gasteiger partial charge on any atom is -0.435 e. The first-order valence-corrected chi connectivity index (χ1v) is 10.9. The first-order chi connectivity index (χ1) is 16.1. The zero-order valence-electron chi connectivity index (χ0n) is 18.8. The Bertz CT molecular complexity index is 1360. The fourth-order valence-corrected chi connectivity index (χ4v) is 4.63. The van der Waals surface area contributed by atoms with Gasteiger partial charge in [0, 0.05) is 53.2 Å². The Labute approximate surface area is 194 Å². The summed E-state index contributed by atoms with van der Waals surface area (Å²) < 4.78 is 47.7. The van der Waals surface area contributed by atoms with Crippen LogP contribution in [0.5, 0.6) is 5.75 Å². The van der Waals surface area contributed by atoms with Crippen LogP contribution in [0.1, 0.15) is 61.8 Å². The van der Waals surface area contributed by atoms with Gasteiger partial charge in [0.2, 0.25) is 0 Å². The van der Waals surface area contributed by atoms with E-state index in [1.54, 1.807) is 38.2 Å². The number of hydrogen-bond acceptors (Lipinski definition) is 5. The number of imidazole rings is 1. The zero-order valence-corrected chi connectivity index (χ0v) is 18.8. The summed E-state index contributed by atoms with van der Waals surface area (Å²) >= 11 is 0. The molecule has 176 valence electrons. The van der Waals surface area contributed by atoms with Crippen molar-refractivity contribution in [3.05, 3.63) is 77.5 Å². The number of rotatable bonds is 5. The molecule has 34 heavy (non-hydrogen) atoms. The van der Waals surface area contributed by atoms with Crippen LogP contribution in [0.3, 0.4) is 0 Å². The number of aromatic nitrogens is 4. The number of pyridine rings is 1. The molecule has 1 unspecified atom stereocenters. The second-order valence-corrected chi connectivity index (χ2v) is 9.11. The first-order valence-electron chi connectivity index (χ1n) is 10.9. The second kappa shape index (κ2) is 8.09. The van der Waals surface area contributed by atoms with E-state index in [0.717, 1.165) is 11.4 Å². The van der Waals surface area contributed by atoms with Crippen LogP contribution in [-0.4, -0.2) is 31.1 Å². The van der Waals surface area contributed by atoms with E-state index in [0.29, 0.717) is 23.2 Å². The van der Waals surface area contributed by atoms with E-state index in [1.165, 1.54) is 24.5 Å². The molecule has 2 atom stereocenters. The van der Waals surface area contributed by atoms with E-state index in [1.807, 2.05) is 11.3 Å². The maximum Gasteiger partial charge on any atom is 0.387 e. The minimum atomic E-state index is -2.94. The summed E-state index contributed by atoms with van der Waals surface area (Å²) in [4.78, 5) is 13.0. The summed E-state index contributed by atoms with van der Waals surface area (Å²) in [6.07, 6.45) is 5.24. The normalized spacial score (nSPS) is 18.0. The third-order valence-corrected chi connectivity index (χ3v) is 6.18. The van der Waals surface area contributed by atoms with Crippen LogP contribution in [0.4, 0.5) is 13.2 Å². The molecule has 0 bridgehead atoms. The molecular formula is C25H23F3N4O2. The molecule has 1 aliphatic rings. The number of fused-ring (bicyclic) bond motifs is 3. The summed E-state index contributed by atoms with van der Waals surface area (Å²) in [5.41, 5.74) is 2.20. The molecule has 0 radical (unpaired) electrons. The van der Waals surface area contributed by atoms with Gasteiger partial charge in [0.05, 0.1) is 11.4 Å². The van der Waals surface area contributed by atoms with Gasteiger partial charge in [-0.3, -0.25) is 0 Å². The van der Waals surface area contributed by atoms with Crippen LogP contribution >= 0.6 is 0 Å². The number of hydrogen-bond donors (Lipinski definition) is 1. The third-order valence-electron chi connectivity index (χ3n) is 6.18. The zero-order chi connectivity index (χ0) is 24.2. The number of halogens is 3. The van der Waals surface area contributed by atoms with E-state index in [-0.39, 0.29) is 29.0 Å². The number of nitrogens with zero attached hydrogens (tertiary/aromatic N) is 4. The third kappa shape index (κ3) is 3.79. The molecule has 3 heterocycles. The summed E-state index contributed by atoms with van der Waals surface area (Å²) in [5.74, 6) is -0.329. The van der Waals surface area contributed by atoms with Crippen molar-refractivity contribution < 1.29 is 23.0 Å². The van der Waals surface area contributed by atoms with Crippen molar-refractivity contribution >= 4 is 5.65 Å². The topological polar surface area (TPSA) is 72.5 Å². The molecule has 6 nitrogen and oxygen atoms in total. The molecule has 0 fully saturated rings. The Morgan fingerprint density at radius 1 is 1.18 bits per heavy atom. The van der Waals surface area contributed by atoms with E-state index in [4.69, 9.17) is 4.74 Å². The maximum absolute atomic E-state index is 15.1. The Balaban J connectivity index is 1.64. The van der Waals surface area contributed by atoms with Crippen LogP contribution in [0.25, 0.3) is 16.8 Å². The lowest BCUT2D eigenvalue weighted by Gasteiger charge is -2.18. The van der Waals surface area contributed by atoms with Gasteiger partial charge in [-0.25, -0.2) is 19.3 Å². The molecule has 1 aromatic carbocycles. The van der Waals surface area contributed by atoms with Crippen molar-refractivity contribution in [3.63, 3.8) is 0 Å². The van der Waals surface area contributed by atoms with Gasteiger partial charge in [-0.15, -0.1) is 0 Å². The summed E-state index contributed by atoms with van der Waals surface area (Å²) in [7, 11) is 0. The van der Waals surface area contributed by atoms with Gasteiger partial charge >= 0.3 is 6.61 Å². The maximum atomic E-state index is 15.1. The predicted octanol–water partition coefficient (Wildman–Crippen LogP) is 5.40. The van der Waals surface area contributed by atoms with E-state index in [2.05, 4.69) is 15.0 Å². The highest BCUT2D eigenvalue weighted by atomic mass is 19.3. The van der Waals surface area contributed by atoms with Gasteiger partial charge in [0.25, 0.3) is 0 Å². The molecule has 0 amide bonds. The van der Waals surface area contributed by atoms with Crippen molar-refractivity contribution in [2.24, 2.45) is 0 Å². The van der Waals surface area contributed by atoms with Crippen LogP contribution in [-0.2, 0) is 5.60 Å². The average Bonchev–Trinajstić information content (AvgIpc) is 3.29. The lowest BCUT2D eigenvalue weighted by molar-refractivity contribution is -0.0505. The standard InChI is InChI=1S/C25H23F3N4O2/c1-13-8-16(15-6-4-5-7-19(15)34-24(27)28)22-21(13)31-20-9-18(26)17(12-32(20)22)14-10-29-23(30-11-14)25(2,3)33/h4-7,9-13,16,24,33H,8H2,1-3H3/t13?,16-/m1/s1. The van der Waals surface area contributed by atoms with E-state index >= 15 is 4.39 Å². The number of alkyl halides is 2. The molecule has 5 rings (SSSR count). The Morgan fingerprint density at radius 3 is 2.56 bits per heavy atom. The molecule has 1 N–H and O–H groups in total.